The Labute approximate surface area is 163 Å². The van der Waals surface area contributed by atoms with Crippen molar-refractivity contribution in [3.63, 3.8) is 0 Å². The Kier molecular flexibility index (Phi) is 6.85. The molecule has 1 aliphatic rings. The molecule has 0 saturated carbocycles. The van der Waals surface area contributed by atoms with Gasteiger partial charge in [-0.2, -0.15) is 4.98 Å². The molecule has 1 aliphatic heterocycles. The van der Waals surface area contributed by atoms with Gasteiger partial charge < -0.3 is 15.2 Å². The van der Waals surface area contributed by atoms with Gasteiger partial charge in [-0.3, -0.25) is 0 Å². The van der Waals surface area contributed by atoms with Crippen molar-refractivity contribution in [1.82, 2.24) is 15.0 Å². The summed E-state index contributed by atoms with van der Waals surface area (Å²) in [5.41, 5.74) is 6.86. The lowest BCUT2D eigenvalue weighted by molar-refractivity contribution is 0.277. The zero-order valence-electron chi connectivity index (χ0n) is 13.5. The van der Waals surface area contributed by atoms with Gasteiger partial charge >= 0.3 is 0 Å². The van der Waals surface area contributed by atoms with Gasteiger partial charge in [0.2, 0.25) is 11.7 Å². The van der Waals surface area contributed by atoms with Crippen LogP contribution in [0.15, 0.2) is 33.8 Å². The number of rotatable bonds is 3. The Morgan fingerprint density at radius 1 is 1.42 bits per heavy atom. The van der Waals surface area contributed by atoms with Crippen LogP contribution < -0.4 is 5.73 Å². The molecular formula is C16H21ClIN5O. The molecule has 3 rings (SSSR count). The third-order valence-electron chi connectivity index (χ3n) is 4.03. The first kappa shape index (κ1) is 19.0. The summed E-state index contributed by atoms with van der Waals surface area (Å²) < 4.78 is 5.23. The van der Waals surface area contributed by atoms with Crippen LogP contribution >= 0.6 is 35.6 Å². The van der Waals surface area contributed by atoms with Crippen molar-refractivity contribution in [3.8, 4) is 11.4 Å². The fourth-order valence-corrected chi connectivity index (χ4v) is 2.74. The molecule has 0 bridgehead atoms. The first-order valence-corrected chi connectivity index (χ1v) is 8.13. The number of piperidine rings is 1. The normalized spacial score (nSPS) is 16.1. The largest absolute Gasteiger partial charge is 0.370 e. The van der Waals surface area contributed by atoms with Gasteiger partial charge in [0.15, 0.2) is 5.96 Å². The van der Waals surface area contributed by atoms with Crippen molar-refractivity contribution in [2.45, 2.75) is 26.3 Å². The Morgan fingerprint density at radius 2 is 2.17 bits per heavy atom. The average Bonchev–Trinajstić information content (AvgIpc) is 3.02. The maximum Gasteiger partial charge on any atom is 0.248 e. The summed E-state index contributed by atoms with van der Waals surface area (Å²) in [6.45, 7) is 4.45. The van der Waals surface area contributed by atoms with Gasteiger partial charge in [0.05, 0.1) is 0 Å². The molecule has 1 fully saturated rings. The molecular weight excluding hydrogens is 441 g/mol. The maximum atomic E-state index is 6.05. The fraction of sp³-hybridized carbons (Fsp3) is 0.438. The van der Waals surface area contributed by atoms with Crippen LogP contribution in [0, 0.1) is 5.92 Å². The summed E-state index contributed by atoms with van der Waals surface area (Å²) >= 11 is 5.97. The molecule has 130 valence electrons. The SMILES string of the molecule is CC1CCN(C(N)=NCc2nc(-c3cccc(Cl)c3)no2)CC1.I. The number of benzene rings is 1. The van der Waals surface area contributed by atoms with E-state index < -0.39 is 0 Å². The lowest BCUT2D eigenvalue weighted by Gasteiger charge is -2.30. The summed E-state index contributed by atoms with van der Waals surface area (Å²) in [6, 6.07) is 7.33. The zero-order chi connectivity index (χ0) is 16.2. The first-order chi connectivity index (χ1) is 11.1. The molecule has 1 aromatic heterocycles. The predicted octanol–water partition coefficient (Wildman–Crippen LogP) is 3.55. The predicted molar refractivity (Wildman–Crippen MR) is 105 cm³/mol. The monoisotopic (exact) mass is 461 g/mol. The van der Waals surface area contributed by atoms with Crippen LogP contribution in [-0.4, -0.2) is 34.1 Å². The van der Waals surface area contributed by atoms with Crippen molar-refractivity contribution in [2.24, 2.45) is 16.6 Å². The molecule has 2 N–H and O–H groups in total. The highest BCUT2D eigenvalue weighted by Gasteiger charge is 2.17. The Hall–Kier alpha value is -1.35. The number of hydrogen-bond acceptors (Lipinski definition) is 4. The minimum absolute atomic E-state index is 0. The van der Waals surface area contributed by atoms with Gasteiger partial charge in [-0.25, -0.2) is 4.99 Å². The lowest BCUT2D eigenvalue weighted by Crippen LogP contribution is -2.42. The summed E-state index contributed by atoms with van der Waals surface area (Å²) in [5.74, 6) is 2.24. The highest BCUT2D eigenvalue weighted by Crippen LogP contribution is 2.20. The molecule has 8 heteroatoms. The van der Waals surface area contributed by atoms with Crippen molar-refractivity contribution in [1.29, 1.82) is 0 Å². The molecule has 24 heavy (non-hydrogen) atoms. The van der Waals surface area contributed by atoms with E-state index >= 15 is 0 Å². The molecule has 2 aromatic rings. The Balaban J connectivity index is 0.00000208. The standard InChI is InChI=1S/C16H20ClN5O.HI/c1-11-5-7-22(8-6-11)16(18)19-10-14-20-15(21-23-14)12-3-2-4-13(17)9-12;/h2-4,9,11H,5-8,10H2,1H3,(H2,18,19);1H. The van der Waals surface area contributed by atoms with Crippen LogP contribution in [0.1, 0.15) is 25.7 Å². The third-order valence-corrected chi connectivity index (χ3v) is 4.27. The van der Waals surface area contributed by atoms with Crippen LogP contribution in [0.2, 0.25) is 5.02 Å². The smallest absolute Gasteiger partial charge is 0.248 e. The van der Waals surface area contributed by atoms with Crippen molar-refractivity contribution in [3.05, 3.63) is 35.2 Å². The number of nitrogens with zero attached hydrogens (tertiary/aromatic N) is 4. The zero-order valence-corrected chi connectivity index (χ0v) is 16.6. The molecule has 0 amide bonds. The number of halogens is 2. The molecule has 1 aromatic carbocycles. The van der Waals surface area contributed by atoms with E-state index in [1.165, 1.54) is 0 Å². The third kappa shape index (κ3) is 4.83. The second-order valence-electron chi connectivity index (χ2n) is 5.87. The molecule has 0 unspecified atom stereocenters. The van der Waals surface area contributed by atoms with Gasteiger partial charge in [-0.05, 0) is 30.9 Å². The number of likely N-dealkylation sites (tertiary alicyclic amines) is 1. The fourth-order valence-electron chi connectivity index (χ4n) is 2.55. The number of hydrogen-bond donors (Lipinski definition) is 1. The number of aromatic nitrogens is 2. The highest BCUT2D eigenvalue weighted by atomic mass is 127. The van der Waals surface area contributed by atoms with E-state index in [2.05, 4.69) is 27.0 Å². The minimum atomic E-state index is 0. The van der Waals surface area contributed by atoms with Crippen LogP contribution in [0.5, 0.6) is 0 Å². The first-order valence-electron chi connectivity index (χ1n) is 7.75. The van der Waals surface area contributed by atoms with Crippen LogP contribution in [0.4, 0.5) is 0 Å². The molecule has 6 nitrogen and oxygen atoms in total. The van der Waals surface area contributed by atoms with Gasteiger partial charge in [0, 0.05) is 23.7 Å². The number of nitrogens with two attached hydrogens (primary N) is 1. The summed E-state index contributed by atoms with van der Waals surface area (Å²) in [5, 5.41) is 4.59. The molecule has 2 heterocycles. The van der Waals surface area contributed by atoms with Crippen LogP contribution in [0.3, 0.4) is 0 Å². The molecule has 0 atom stereocenters. The van der Waals surface area contributed by atoms with E-state index in [9.17, 15) is 0 Å². The summed E-state index contributed by atoms with van der Waals surface area (Å²) in [4.78, 5) is 10.8. The van der Waals surface area contributed by atoms with Crippen molar-refractivity contribution >= 4 is 41.5 Å². The Bertz CT molecular complexity index is 697. The summed E-state index contributed by atoms with van der Waals surface area (Å²) in [6.07, 6.45) is 2.30. The van der Waals surface area contributed by atoms with Crippen LogP contribution in [-0.2, 0) is 6.54 Å². The van der Waals surface area contributed by atoms with E-state index in [0.29, 0.717) is 22.7 Å². The second-order valence-corrected chi connectivity index (χ2v) is 6.30. The molecule has 0 radical (unpaired) electrons. The van der Waals surface area contributed by atoms with E-state index in [1.54, 1.807) is 12.1 Å². The van der Waals surface area contributed by atoms with E-state index in [-0.39, 0.29) is 30.5 Å². The van der Waals surface area contributed by atoms with Gasteiger partial charge in [0.25, 0.3) is 0 Å². The molecule has 0 spiro atoms. The maximum absolute atomic E-state index is 6.05. The molecule has 0 aliphatic carbocycles. The quantitative estimate of drug-likeness (QED) is 0.429. The van der Waals surface area contributed by atoms with Crippen LogP contribution in [0.25, 0.3) is 11.4 Å². The summed E-state index contributed by atoms with van der Waals surface area (Å²) in [7, 11) is 0. The van der Waals surface area contributed by atoms with Crippen molar-refractivity contribution < 1.29 is 4.52 Å². The average molecular weight is 462 g/mol. The van der Waals surface area contributed by atoms with Gasteiger partial charge in [-0.1, -0.05) is 35.8 Å². The highest BCUT2D eigenvalue weighted by molar-refractivity contribution is 14.0. The molecule has 1 saturated heterocycles. The Morgan fingerprint density at radius 3 is 2.88 bits per heavy atom. The second kappa shape index (κ2) is 8.66. The topological polar surface area (TPSA) is 80.5 Å². The lowest BCUT2D eigenvalue weighted by atomic mass is 10.00. The van der Waals surface area contributed by atoms with E-state index in [0.717, 1.165) is 37.4 Å². The van der Waals surface area contributed by atoms with E-state index in [4.69, 9.17) is 21.9 Å². The number of aliphatic imine (C=N–C) groups is 1. The van der Waals surface area contributed by atoms with E-state index in [1.807, 2.05) is 12.1 Å². The van der Waals surface area contributed by atoms with Crippen molar-refractivity contribution in [2.75, 3.05) is 13.1 Å². The number of guanidine groups is 1. The van der Waals surface area contributed by atoms with Gasteiger partial charge in [0.1, 0.15) is 6.54 Å². The van der Waals surface area contributed by atoms with Gasteiger partial charge in [-0.15, -0.1) is 24.0 Å². The minimum Gasteiger partial charge on any atom is -0.370 e.